The van der Waals surface area contributed by atoms with E-state index in [-0.39, 0.29) is 0 Å². The second-order valence-corrected chi connectivity index (χ2v) is 2.64. The van der Waals surface area contributed by atoms with Crippen LogP contribution < -0.4 is 0 Å². The Hall–Kier alpha value is -0.560. The maximum atomic E-state index is 5.25. The molecule has 0 bridgehead atoms. The molecule has 0 aliphatic rings. The van der Waals surface area contributed by atoms with Gasteiger partial charge < -0.3 is 0 Å². The molecule has 0 fully saturated rings. The molecule has 8 heavy (non-hydrogen) atoms. The van der Waals surface area contributed by atoms with Crippen molar-refractivity contribution in [2.24, 2.45) is 0 Å². The summed E-state index contributed by atoms with van der Waals surface area (Å²) in [6.45, 7) is 7.31. The van der Waals surface area contributed by atoms with Gasteiger partial charge in [0.25, 0.3) is 0 Å². The fraction of sp³-hybridized carbons (Fsp3) is 0.143. The second kappa shape index (κ2) is 2.14. The van der Waals surface area contributed by atoms with Crippen molar-refractivity contribution >= 4 is 17.4 Å². The molecule has 1 heteroatoms. The van der Waals surface area contributed by atoms with E-state index in [9.17, 15) is 0 Å². The molecule has 41 valence electrons. The molecular weight excluding hydrogens is 116 g/mol. The van der Waals surface area contributed by atoms with Crippen molar-refractivity contribution in [3.63, 3.8) is 0 Å². The average molecular weight is 123 g/mol. The molecule has 1 heterocycles. The standard InChI is InChI=1S/C7H7S/c1-3-7-4-6(2)5-8-7/h1,3-5H,2H3. The highest BCUT2D eigenvalue weighted by atomic mass is 32.1. The minimum absolute atomic E-state index is 1.14. The molecule has 0 saturated heterocycles. The fourth-order valence-electron chi connectivity index (χ4n) is 0.541. The summed E-state index contributed by atoms with van der Waals surface area (Å²) in [7, 11) is 0. The van der Waals surface area contributed by atoms with Crippen LogP contribution in [0.2, 0.25) is 0 Å². The maximum Gasteiger partial charge on any atom is 0.0273 e. The quantitative estimate of drug-likeness (QED) is 0.538. The van der Waals surface area contributed by atoms with Crippen molar-refractivity contribution in [2.75, 3.05) is 0 Å². The molecule has 1 aromatic heterocycles. The molecular formula is C7H7S. The van der Waals surface area contributed by atoms with Crippen LogP contribution in [0, 0.1) is 13.5 Å². The van der Waals surface area contributed by atoms with E-state index in [2.05, 4.69) is 18.4 Å². The highest BCUT2D eigenvalue weighted by Gasteiger charge is 1.87. The first-order valence-corrected chi connectivity index (χ1v) is 3.31. The lowest BCUT2D eigenvalue weighted by atomic mass is 10.3. The highest BCUT2D eigenvalue weighted by Crippen LogP contribution is 2.13. The van der Waals surface area contributed by atoms with Crippen molar-refractivity contribution in [3.05, 3.63) is 28.5 Å². The lowest BCUT2D eigenvalue weighted by Gasteiger charge is -1.73. The first-order valence-electron chi connectivity index (χ1n) is 2.43. The molecule has 0 spiro atoms. The first kappa shape index (κ1) is 5.57. The van der Waals surface area contributed by atoms with E-state index in [1.54, 1.807) is 17.4 Å². The summed E-state index contributed by atoms with van der Waals surface area (Å²) >= 11 is 1.67. The van der Waals surface area contributed by atoms with Gasteiger partial charge in [0.1, 0.15) is 0 Å². The van der Waals surface area contributed by atoms with Gasteiger partial charge in [-0.2, -0.15) is 0 Å². The molecule has 0 saturated carbocycles. The fourth-order valence-corrected chi connectivity index (χ4v) is 1.26. The summed E-state index contributed by atoms with van der Waals surface area (Å²) < 4.78 is 0. The Morgan fingerprint density at radius 1 is 1.75 bits per heavy atom. The summed E-state index contributed by atoms with van der Waals surface area (Å²) in [4.78, 5) is 1.14. The lowest BCUT2D eigenvalue weighted by Crippen LogP contribution is -1.54. The van der Waals surface area contributed by atoms with Crippen LogP contribution in [0.15, 0.2) is 11.4 Å². The third-order valence-electron chi connectivity index (χ3n) is 0.915. The largest absolute Gasteiger partial charge is 0.144 e. The van der Waals surface area contributed by atoms with Gasteiger partial charge in [-0.05, 0) is 30.0 Å². The predicted molar refractivity (Wildman–Crippen MR) is 37.8 cm³/mol. The third kappa shape index (κ3) is 0.984. The summed E-state index contributed by atoms with van der Waals surface area (Å²) in [5, 5.41) is 2.08. The van der Waals surface area contributed by atoms with E-state index in [4.69, 9.17) is 6.58 Å². The van der Waals surface area contributed by atoms with E-state index in [0.29, 0.717) is 0 Å². The Morgan fingerprint density at radius 2 is 2.50 bits per heavy atom. The molecule has 0 nitrogen and oxygen atoms in total. The summed E-state index contributed by atoms with van der Waals surface area (Å²) in [5.74, 6) is 0. The van der Waals surface area contributed by atoms with Crippen LogP contribution in [0.4, 0.5) is 0 Å². The minimum atomic E-state index is 1.14. The Morgan fingerprint density at radius 3 is 2.75 bits per heavy atom. The predicted octanol–water partition coefficient (Wildman–Crippen LogP) is 2.50. The number of thiophene rings is 1. The van der Waals surface area contributed by atoms with E-state index >= 15 is 0 Å². The molecule has 0 N–H and O–H groups in total. The number of hydrogen-bond donors (Lipinski definition) is 0. The van der Waals surface area contributed by atoms with Crippen LogP contribution in [0.3, 0.4) is 0 Å². The van der Waals surface area contributed by atoms with Gasteiger partial charge in [-0.1, -0.05) is 6.58 Å². The molecule has 1 rings (SSSR count). The van der Waals surface area contributed by atoms with Crippen LogP contribution in [0.1, 0.15) is 10.4 Å². The topological polar surface area (TPSA) is 0 Å². The van der Waals surface area contributed by atoms with Gasteiger partial charge >= 0.3 is 0 Å². The Bertz CT molecular complexity index is 186. The van der Waals surface area contributed by atoms with Gasteiger partial charge in [-0.25, -0.2) is 0 Å². The normalized spacial score (nSPS) is 9.12. The SMILES string of the molecule is [CH]=Cc1cc(C)cs1. The minimum Gasteiger partial charge on any atom is -0.144 e. The van der Waals surface area contributed by atoms with Crippen molar-refractivity contribution in [2.45, 2.75) is 6.92 Å². The van der Waals surface area contributed by atoms with E-state index in [0.717, 1.165) is 4.88 Å². The van der Waals surface area contributed by atoms with Crippen LogP contribution in [-0.2, 0) is 0 Å². The van der Waals surface area contributed by atoms with Gasteiger partial charge in [0.15, 0.2) is 0 Å². The molecule has 0 atom stereocenters. The van der Waals surface area contributed by atoms with Crippen molar-refractivity contribution in [3.8, 4) is 0 Å². The smallest absolute Gasteiger partial charge is 0.0273 e. The first-order chi connectivity index (χ1) is 3.83. The summed E-state index contributed by atoms with van der Waals surface area (Å²) in [6, 6.07) is 2.06. The van der Waals surface area contributed by atoms with Crippen molar-refractivity contribution in [1.82, 2.24) is 0 Å². The average Bonchev–Trinajstić information content (AvgIpc) is 2.14. The van der Waals surface area contributed by atoms with Crippen molar-refractivity contribution < 1.29 is 0 Å². The number of hydrogen-bond acceptors (Lipinski definition) is 1. The summed E-state index contributed by atoms with van der Waals surface area (Å²) in [6.07, 6.45) is 1.62. The van der Waals surface area contributed by atoms with E-state index in [1.807, 2.05) is 0 Å². The molecule has 1 radical (unpaired) electrons. The van der Waals surface area contributed by atoms with Gasteiger partial charge in [0.2, 0.25) is 0 Å². The molecule has 0 amide bonds. The maximum absolute atomic E-state index is 5.25. The highest BCUT2D eigenvalue weighted by molar-refractivity contribution is 7.11. The molecule has 0 unspecified atom stereocenters. The molecule has 0 aliphatic heterocycles. The Labute approximate surface area is 53.5 Å². The summed E-state index contributed by atoms with van der Waals surface area (Å²) in [5.41, 5.74) is 1.28. The Balaban J connectivity index is 3.00. The van der Waals surface area contributed by atoms with E-state index in [1.165, 1.54) is 5.56 Å². The van der Waals surface area contributed by atoms with Crippen LogP contribution in [0.25, 0.3) is 6.08 Å². The monoisotopic (exact) mass is 123 g/mol. The van der Waals surface area contributed by atoms with E-state index < -0.39 is 0 Å². The van der Waals surface area contributed by atoms with Crippen LogP contribution in [0.5, 0.6) is 0 Å². The zero-order chi connectivity index (χ0) is 5.98. The molecule has 0 aliphatic carbocycles. The number of aryl methyl sites for hydroxylation is 1. The van der Waals surface area contributed by atoms with Gasteiger partial charge in [0.05, 0.1) is 0 Å². The Kier molecular flexibility index (Phi) is 1.49. The van der Waals surface area contributed by atoms with Crippen molar-refractivity contribution in [1.29, 1.82) is 0 Å². The van der Waals surface area contributed by atoms with Crippen LogP contribution in [-0.4, -0.2) is 0 Å². The lowest BCUT2D eigenvalue weighted by molar-refractivity contribution is 1.55. The van der Waals surface area contributed by atoms with Gasteiger partial charge in [-0.15, -0.1) is 11.3 Å². The second-order valence-electron chi connectivity index (χ2n) is 1.69. The third-order valence-corrected chi connectivity index (χ3v) is 1.93. The number of rotatable bonds is 1. The zero-order valence-electron chi connectivity index (χ0n) is 4.72. The zero-order valence-corrected chi connectivity index (χ0v) is 5.53. The van der Waals surface area contributed by atoms with Gasteiger partial charge in [-0.3, -0.25) is 0 Å². The van der Waals surface area contributed by atoms with Gasteiger partial charge in [0, 0.05) is 4.88 Å². The van der Waals surface area contributed by atoms with Crippen LogP contribution >= 0.6 is 11.3 Å². The molecule has 1 aromatic rings. The molecule has 0 aromatic carbocycles.